The summed E-state index contributed by atoms with van der Waals surface area (Å²) < 4.78 is 43.7. The Morgan fingerprint density at radius 1 is 0.432 bits per heavy atom. The van der Waals surface area contributed by atoms with Gasteiger partial charge in [-0.05, 0) is 68.1 Å². The van der Waals surface area contributed by atoms with Crippen molar-refractivity contribution in [2.24, 2.45) is 5.92 Å². The minimum Gasteiger partial charge on any atom is -0.445 e. The van der Waals surface area contributed by atoms with Crippen LogP contribution in [0, 0.1) is 5.92 Å². The summed E-state index contributed by atoms with van der Waals surface area (Å²) in [5, 5.41) is 14.0. The molecule has 3 aromatic carbocycles. The summed E-state index contributed by atoms with van der Waals surface area (Å²) in [6.45, 7) is 8.22. The van der Waals surface area contributed by atoms with Gasteiger partial charge in [-0.1, -0.05) is 104 Å². The molecule has 0 heterocycles. The van der Waals surface area contributed by atoms with E-state index in [1.54, 1.807) is 0 Å². The van der Waals surface area contributed by atoms with Gasteiger partial charge >= 0.3 is 18.3 Å². The number of unbranched alkanes of at least 4 members (excludes halogenated alkanes) is 2. The maximum absolute atomic E-state index is 14.0. The number of hydrogen-bond acceptors (Lipinski definition) is 14. The fourth-order valence-electron chi connectivity index (χ4n) is 7.04. The number of nitrogens with one attached hydrogen (secondary N) is 5. The number of ether oxygens (including phenoxy) is 8. The molecule has 0 spiro atoms. The zero-order chi connectivity index (χ0) is 52.9. The van der Waals surface area contributed by atoms with E-state index in [0.717, 1.165) is 23.1 Å². The molecule has 3 aromatic rings. The quantitative estimate of drug-likeness (QED) is 0.0285. The lowest BCUT2D eigenvalue weighted by atomic mass is 9.91. The minimum absolute atomic E-state index is 0.00579. The summed E-state index contributed by atoms with van der Waals surface area (Å²) in [5.74, 6) is -1.43. The van der Waals surface area contributed by atoms with Gasteiger partial charge in [0.2, 0.25) is 11.8 Å². The number of amides is 5. The van der Waals surface area contributed by atoms with Crippen LogP contribution in [0.25, 0.3) is 0 Å². The van der Waals surface area contributed by atoms with Crippen molar-refractivity contribution >= 4 is 35.9 Å². The Labute approximate surface area is 437 Å². The highest BCUT2D eigenvalue weighted by Crippen LogP contribution is 2.18. The maximum atomic E-state index is 14.0. The normalized spacial score (nSPS) is 11.7. The van der Waals surface area contributed by atoms with Crippen molar-refractivity contribution in [2.75, 3.05) is 92.2 Å². The molecule has 0 saturated carbocycles. The van der Waals surface area contributed by atoms with E-state index in [0.29, 0.717) is 137 Å². The fraction of sp³-hybridized carbons (Fsp3) is 0.564. The van der Waals surface area contributed by atoms with Gasteiger partial charge in [-0.15, -0.1) is 0 Å². The van der Waals surface area contributed by atoms with Crippen LogP contribution < -0.4 is 26.6 Å². The molecule has 0 aromatic heterocycles. The van der Waals surface area contributed by atoms with Crippen LogP contribution in [0.15, 0.2) is 91.0 Å². The summed E-state index contributed by atoms with van der Waals surface area (Å²) in [6.07, 6.45) is 3.03. The van der Waals surface area contributed by atoms with Crippen molar-refractivity contribution in [3.63, 3.8) is 0 Å². The van der Waals surface area contributed by atoms with Crippen LogP contribution in [0.4, 0.5) is 14.4 Å². The Balaban J connectivity index is 1.41. The van der Waals surface area contributed by atoms with Crippen molar-refractivity contribution in [3.05, 3.63) is 108 Å². The molecule has 3 rings (SSSR count). The van der Waals surface area contributed by atoms with E-state index < -0.39 is 30.2 Å². The van der Waals surface area contributed by atoms with Crippen LogP contribution in [0.1, 0.15) is 94.2 Å². The third-order valence-electron chi connectivity index (χ3n) is 11.1. The third kappa shape index (κ3) is 32.8. The molecule has 5 N–H and O–H groups in total. The second kappa shape index (κ2) is 42.3. The lowest BCUT2D eigenvalue weighted by Gasteiger charge is -2.21. The predicted molar refractivity (Wildman–Crippen MR) is 278 cm³/mol. The number of alkyl carbamates (subject to hydrolysis) is 3. The zero-order valence-corrected chi connectivity index (χ0v) is 43.3. The van der Waals surface area contributed by atoms with Gasteiger partial charge in [0.25, 0.3) is 0 Å². The summed E-state index contributed by atoms with van der Waals surface area (Å²) in [7, 11) is 0. The van der Waals surface area contributed by atoms with Gasteiger partial charge in [0.05, 0.1) is 52.3 Å². The van der Waals surface area contributed by atoms with E-state index in [4.69, 9.17) is 37.9 Å². The lowest BCUT2D eigenvalue weighted by Crippen LogP contribution is -2.43. The van der Waals surface area contributed by atoms with Crippen molar-refractivity contribution in [1.82, 2.24) is 26.6 Å². The van der Waals surface area contributed by atoms with E-state index in [1.807, 2.05) is 97.9 Å². The van der Waals surface area contributed by atoms with Gasteiger partial charge < -0.3 is 64.5 Å². The Morgan fingerprint density at radius 2 is 0.851 bits per heavy atom. The summed E-state index contributed by atoms with van der Waals surface area (Å²) >= 11 is 0. The van der Waals surface area contributed by atoms with E-state index >= 15 is 0 Å². The smallest absolute Gasteiger partial charge is 0.408 e. The molecule has 0 bridgehead atoms. The van der Waals surface area contributed by atoms with Crippen molar-refractivity contribution < 1.29 is 66.7 Å². The largest absolute Gasteiger partial charge is 0.445 e. The molecule has 0 unspecified atom stereocenters. The monoisotopic (exact) mass is 1040 g/mol. The summed E-state index contributed by atoms with van der Waals surface area (Å²) in [6, 6.07) is 26.9. The van der Waals surface area contributed by atoms with Crippen LogP contribution in [0.2, 0.25) is 0 Å². The van der Waals surface area contributed by atoms with Crippen LogP contribution in [0.3, 0.4) is 0 Å². The first kappa shape index (κ1) is 62.2. The average molecular weight is 1040 g/mol. The van der Waals surface area contributed by atoms with Crippen LogP contribution in [-0.2, 0) is 72.1 Å². The van der Waals surface area contributed by atoms with Gasteiger partial charge in [0, 0.05) is 64.8 Å². The van der Waals surface area contributed by atoms with Gasteiger partial charge in [0.1, 0.15) is 19.8 Å². The van der Waals surface area contributed by atoms with Gasteiger partial charge in [0.15, 0.2) is 5.78 Å². The van der Waals surface area contributed by atoms with Crippen LogP contribution in [0.5, 0.6) is 0 Å². The molecule has 0 radical (unpaired) electrons. The topological polar surface area (TPSA) is 236 Å². The molecule has 0 saturated heterocycles. The third-order valence-corrected chi connectivity index (χ3v) is 11.1. The number of rotatable bonds is 43. The van der Waals surface area contributed by atoms with Gasteiger partial charge in [-0.3, -0.25) is 14.4 Å². The summed E-state index contributed by atoms with van der Waals surface area (Å²) in [4.78, 5) is 77.3. The zero-order valence-electron chi connectivity index (χ0n) is 43.3. The second-order valence-corrected chi connectivity index (χ2v) is 17.3. The highest BCUT2D eigenvalue weighted by atomic mass is 16.6. The molecule has 19 heteroatoms. The molecular formula is C55H81N5O14. The molecule has 0 aliphatic carbocycles. The average Bonchev–Trinajstić information content (AvgIpc) is 3.41. The number of ketones is 1. The highest BCUT2D eigenvalue weighted by Gasteiger charge is 2.28. The fourth-order valence-corrected chi connectivity index (χ4v) is 7.04. The molecule has 2 atom stereocenters. The van der Waals surface area contributed by atoms with Crippen LogP contribution in [-0.4, -0.2) is 134 Å². The second-order valence-electron chi connectivity index (χ2n) is 17.3. The lowest BCUT2D eigenvalue weighted by molar-refractivity contribution is -0.130. The molecule has 5 amide bonds. The molecule has 0 fully saturated rings. The molecule has 0 aliphatic rings. The number of hydrogen-bond donors (Lipinski definition) is 5. The molecule has 0 aliphatic heterocycles. The van der Waals surface area contributed by atoms with E-state index in [-0.39, 0.29) is 56.8 Å². The standard InChI is InChI=1S/C55H81N5O14/c1-2-31-67-35-38-70-34-26-51(62)56-29-16-32-68-36-39-71-40-37-69-33-17-30-57-52(63)48(24-12-14-27-58-53(64)72-42-45-18-6-3-7-19-45)41-50(61)49(60-55(66)74-44-47-22-10-5-11-23-47)25-13-15-28-59-54(65)73-43-46-20-8-4-9-21-46/h3-11,18-23,48-49H,2,12-17,24-44H2,1H3,(H,56,62)(H,57,63)(H,58,64)(H,59,65)(H,60,66)/t48-,49+/m1/s1. The molecule has 19 nitrogen and oxygen atoms in total. The maximum Gasteiger partial charge on any atom is 0.408 e. The number of carbonyl (C=O) groups excluding carboxylic acids is 6. The first-order chi connectivity index (χ1) is 36.2. The minimum atomic E-state index is -0.960. The Morgan fingerprint density at radius 3 is 1.35 bits per heavy atom. The Bertz CT molecular complexity index is 1950. The van der Waals surface area contributed by atoms with E-state index in [9.17, 15) is 28.8 Å². The predicted octanol–water partition coefficient (Wildman–Crippen LogP) is 6.95. The van der Waals surface area contributed by atoms with Crippen molar-refractivity contribution in [2.45, 2.75) is 103 Å². The number of carbonyl (C=O) groups is 6. The number of Topliss-reactive ketones (excluding diaryl/α,β-unsaturated/α-hetero) is 1. The first-order valence-corrected chi connectivity index (χ1v) is 26.1. The molecule has 410 valence electrons. The SMILES string of the molecule is CCCOCCOCCC(=O)NCCCOCCOCCOCCCNC(=O)[C@H](CCCCNC(=O)OCc1ccccc1)CC(=O)[C@H](CCCCNC(=O)OCc1ccccc1)NC(=O)OCc1ccccc1. The van der Waals surface area contributed by atoms with Crippen LogP contribution >= 0.6 is 0 Å². The van der Waals surface area contributed by atoms with E-state index in [1.165, 1.54) is 0 Å². The Kier molecular flexibility index (Phi) is 35.5. The van der Waals surface area contributed by atoms with Gasteiger partial charge in [-0.25, -0.2) is 14.4 Å². The molecule has 74 heavy (non-hydrogen) atoms. The van der Waals surface area contributed by atoms with Crippen molar-refractivity contribution in [1.29, 1.82) is 0 Å². The van der Waals surface area contributed by atoms with E-state index in [2.05, 4.69) is 26.6 Å². The van der Waals surface area contributed by atoms with Crippen molar-refractivity contribution in [3.8, 4) is 0 Å². The number of benzene rings is 3. The highest BCUT2D eigenvalue weighted by molar-refractivity contribution is 5.91. The molecular weight excluding hydrogens is 955 g/mol. The van der Waals surface area contributed by atoms with Gasteiger partial charge in [-0.2, -0.15) is 0 Å². The Hall–Kier alpha value is -6.12. The first-order valence-electron chi connectivity index (χ1n) is 26.1. The summed E-state index contributed by atoms with van der Waals surface area (Å²) in [5.41, 5.74) is 2.50.